The summed E-state index contributed by atoms with van der Waals surface area (Å²) < 4.78 is 10.8. The number of hydrogen-bond donors (Lipinski definition) is 2. The largest absolute Gasteiger partial charge is 0.469 e. The van der Waals surface area contributed by atoms with Crippen LogP contribution in [0.15, 0.2) is 27.8 Å². The second-order valence-electron chi connectivity index (χ2n) is 6.43. The molecule has 0 spiro atoms. The van der Waals surface area contributed by atoms with Crippen molar-refractivity contribution in [3.63, 3.8) is 0 Å². The number of guanidine groups is 1. The highest BCUT2D eigenvalue weighted by molar-refractivity contribution is 5.79. The lowest BCUT2D eigenvalue weighted by Gasteiger charge is -2.26. The second-order valence-corrected chi connectivity index (χ2v) is 6.43. The van der Waals surface area contributed by atoms with Gasteiger partial charge in [0.25, 0.3) is 0 Å². The van der Waals surface area contributed by atoms with E-state index in [1.807, 2.05) is 12.1 Å². The fourth-order valence-corrected chi connectivity index (χ4v) is 2.82. The number of aliphatic imine (C=N–C) groups is 1. The molecule has 1 aromatic heterocycles. The van der Waals surface area contributed by atoms with Crippen molar-refractivity contribution in [2.75, 3.05) is 52.5 Å². The third-order valence-electron chi connectivity index (χ3n) is 4.32. The molecule has 0 unspecified atom stereocenters. The Morgan fingerprint density at radius 1 is 1.16 bits per heavy atom. The zero-order valence-corrected chi connectivity index (χ0v) is 15.6. The van der Waals surface area contributed by atoms with Gasteiger partial charge in [0.2, 0.25) is 0 Å². The van der Waals surface area contributed by atoms with E-state index in [1.165, 1.54) is 19.3 Å². The highest BCUT2D eigenvalue weighted by Crippen LogP contribution is 2.00. The van der Waals surface area contributed by atoms with Gasteiger partial charge in [-0.3, -0.25) is 9.89 Å². The van der Waals surface area contributed by atoms with Gasteiger partial charge in [-0.1, -0.05) is 19.8 Å². The van der Waals surface area contributed by atoms with Crippen LogP contribution in [-0.2, 0) is 11.2 Å². The molecule has 2 rings (SSSR count). The molecule has 1 aliphatic rings. The van der Waals surface area contributed by atoms with Gasteiger partial charge in [0, 0.05) is 45.7 Å². The Morgan fingerprint density at radius 3 is 2.76 bits per heavy atom. The Morgan fingerprint density at radius 2 is 2.00 bits per heavy atom. The van der Waals surface area contributed by atoms with Crippen LogP contribution < -0.4 is 10.6 Å². The SMILES string of the molecule is CCCCCNC(=NCCCN1CCOCC1)NCCc1ccco1. The molecule has 1 aliphatic heterocycles. The minimum atomic E-state index is 0.830. The molecule has 0 bridgehead atoms. The number of nitrogens with zero attached hydrogens (tertiary/aromatic N) is 2. The summed E-state index contributed by atoms with van der Waals surface area (Å²) in [5, 5.41) is 6.87. The molecule has 1 saturated heterocycles. The Balaban J connectivity index is 1.67. The van der Waals surface area contributed by atoms with Crippen molar-refractivity contribution < 1.29 is 9.15 Å². The first-order chi connectivity index (χ1) is 12.4. The van der Waals surface area contributed by atoms with Crippen LogP contribution in [0.5, 0.6) is 0 Å². The van der Waals surface area contributed by atoms with Gasteiger partial charge in [-0.2, -0.15) is 0 Å². The van der Waals surface area contributed by atoms with E-state index < -0.39 is 0 Å². The van der Waals surface area contributed by atoms with Crippen molar-refractivity contribution in [3.05, 3.63) is 24.2 Å². The Labute approximate surface area is 152 Å². The summed E-state index contributed by atoms with van der Waals surface area (Å²) in [5.41, 5.74) is 0. The molecule has 1 aromatic rings. The van der Waals surface area contributed by atoms with Gasteiger partial charge in [0.1, 0.15) is 5.76 Å². The summed E-state index contributed by atoms with van der Waals surface area (Å²) in [4.78, 5) is 7.19. The second kappa shape index (κ2) is 12.8. The third-order valence-corrected chi connectivity index (χ3v) is 4.32. The van der Waals surface area contributed by atoms with Crippen molar-refractivity contribution in [2.45, 2.75) is 39.0 Å². The highest BCUT2D eigenvalue weighted by Gasteiger charge is 2.09. The van der Waals surface area contributed by atoms with Gasteiger partial charge in [0.15, 0.2) is 5.96 Å². The molecular formula is C19H34N4O2. The summed E-state index contributed by atoms with van der Waals surface area (Å²) in [7, 11) is 0. The molecule has 0 amide bonds. The molecule has 25 heavy (non-hydrogen) atoms. The molecule has 0 atom stereocenters. The number of rotatable bonds is 11. The van der Waals surface area contributed by atoms with E-state index in [4.69, 9.17) is 14.1 Å². The van der Waals surface area contributed by atoms with Gasteiger partial charge >= 0.3 is 0 Å². The van der Waals surface area contributed by atoms with Crippen molar-refractivity contribution in [3.8, 4) is 0 Å². The van der Waals surface area contributed by atoms with Crippen LogP contribution in [0.4, 0.5) is 0 Å². The van der Waals surface area contributed by atoms with Crippen molar-refractivity contribution in [1.82, 2.24) is 15.5 Å². The van der Waals surface area contributed by atoms with E-state index in [1.54, 1.807) is 6.26 Å². The van der Waals surface area contributed by atoms with E-state index in [2.05, 4.69) is 22.5 Å². The predicted molar refractivity (Wildman–Crippen MR) is 102 cm³/mol. The molecule has 6 nitrogen and oxygen atoms in total. The van der Waals surface area contributed by atoms with Gasteiger partial charge in [-0.15, -0.1) is 0 Å². The molecule has 0 aromatic carbocycles. The van der Waals surface area contributed by atoms with Gasteiger partial charge in [-0.05, 0) is 25.0 Å². The third kappa shape index (κ3) is 8.93. The molecule has 2 N–H and O–H groups in total. The number of nitrogens with one attached hydrogen (secondary N) is 2. The summed E-state index contributed by atoms with van der Waals surface area (Å²) in [5.74, 6) is 1.93. The maximum Gasteiger partial charge on any atom is 0.191 e. The minimum absolute atomic E-state index is 0.830. The maximum absolute atomic E-state index is 5.39. The van der Waals surface area contributed by atoms with Crippen LogP contribution in [0.1, 0.15) is 38.4 Å². The lowest BCUT2D eigenvalue weighted by atomic mass is 10.2. The standard InChI is InChI=1S/C19H34N4O2/c1-2-3-4-9-20-19(22-11-8-18-7-5-15-25-18)21-10-6-12-23-13-16-24-17-14-23/h5,7,15H,2-4,6,8-14,16-17H2,1H3,(H2,20,21,22). The average Bonchev–Trinajstić information content (AvgIpc) is 3.16. The topological polar surface area (TPSA) is 62.0 Å². The number of unbranched alkanes of at least 4 members (excludes halogenated alkanes) is 2. The molecule has 1 fully saturated rings. The summed E-state index contributed by atoms with van der Waals surface area (Å²) in [6.07, 6.45) is 7.35. The molecule has 0 radical (unpaired) electrons. The smallest absolute Gasteiger partial charge is 0.191 e. The van der Waals surface area contributed by atoms with Gasteiger partial charge in [0.05, 0.1) is 19.5 Å². The van der Waals surface area contributed by atoms with Crippen molar-refractivity contribution in [2.24, 2.45) is 4.99 Å². The van der Waals surface area contributed by atoms with Crippen LogP contribution >= 0.6 is 0 Å². The number of furan rings is 1. The van der Waals surface area contributed by atoms with Crippen LogP contribution in [0.3, 0.4) is 0 Å². The molecule has 0 aliphatic carbocycles. The summed E-state index contributed by atoms with van der Waals surface area (Å²) >= 11 is 0. The zero-order valence-electron chi connectivity index (χ0n) is 15.6. The van der Waals surface area contributed by atoms with E-state index >= 15 is 0 Å². The first-order valence-electron chi connectivity index (χ1n) is 9.73. The van der Waals surface area contributed by atoms with E-state index in [0.29, 0.717) is 0 Å². The van der Waals surface area contributed by atoms with E-state index in [-0.39, 0.29) is 0 Å². The molecule has 142 valence electrons. The van der Waals surface area contributed by atoms with Crippen LogP contribution in [0, 0.1) is 0 Å². The first kappa shape index (κ1) is 19.8. The fraction of sp³-hybridized carbons (Fsp3) is 0.737. The van der Waals surface area contributed by atoms with Crippen LogP contribution in [-0.4, -0.2) is 63.3 Å². The highest BCUT2D eigenvalue weighted by atomic mass is 16.5. The molecule has 6 heteroatoms. The normalized spacial score (nSPS) is 16.1. The van der Waals surface area contributed by atoms with E-state index in [9.17, 15) is 0 Å². The number of morpholine rings is 1. The Kier molecular flexibility index (Phi) is 10.1. The maximum atomic E-state index is 5.39. The van der Waals surface area contributed by atoms with Crippen molar-refractivity contribution >= 4 is 5.96 Å². The van der Waals surface area contributed by atoms with Crippen LogP contribution in [0.25, 0.3) is 0 Å². The monoisotopic (exact) mass is 350 g/mol. The van der Waals surface area contributed by atoms with Gasteiger partial charge < -0.3 is 19.8 Å². The zero-order chi connectivity index (χ0) is 17.6. The lowest BCUT2D eigenvalue weighted by molar-refractivity contribution is 0.0377. The first-order valence-corrected chi connectivity index (χ1v) is 9.73. The lowest BCUT2D eigenvalue weighted by Crippen LogP contribution is -2.39. The quantitative estimate of drug-likeness (QED) is 0.364. The number of ether oxygens (including phenoxy) is 1. The van der Waals surface area contributed by atoms with Gasteiger partial charge in [-0.25, -0.2) is 0 Å². The summed E-state index contributed by atoms with van der Waals surface area (Å²) in [6, 6.07) is 3.94. The average molecular weight is 351 g/mol. The minimum Gasteiger partial charge on any atom is -0.469 e. The Bertz CT molecular complexity index is 456. The molecule has 2 heterocycles. The predicted octanol–water partition coefficient (Wildman–Crippen LogP) is 2.27. The number of hydrogen-bond acceptors (Lipinski definition) is 4. The molecule has 0 saturated carbocycles. The van der Waals surface area contributed by atoms with Crippen molar-refractivity contribution in [1.29, 1.82) is 0 Å². The van der Waals surface area contributed by atoms with Crippen LogP contribution in [0.2, 0.25) is 0 Å². The van der Waals surface area contributed by atoms with E-state index in [0.717, 1.165) is 77.0 Å². The summed E-state index contributed by atoms with van der Waals surface area (Å²) in [6.45, 7) is 9.80. The molecular weight excluding hydrogens is 316 g/mol. The fourth-order valence-electron chi connectivity index (χ4n) is 2.82. The Hall–Kier alpha value is -1.53.